The van der Waals surface area contributed by atoms with Crippen LogP contribution >= 0.6 is 0 Å². The zero-order valence-electron chi connectivity index (χ0n) is 13.6. The standard InChI is InChI=1S/C17H21.2CH3.Hf/c1-17(2,3)11-15-8-7-14-9-12-5-4-6-13(12)10-16(14)15;;;/h7-10H,4-6,11H2,1-3H3;2*1H3;/q3*-1;. The van der Waals surface area contributed by atoms with E-state index in [0.717, 1.165) is 0 Å². The molecule has 2 aromatic carbocycles. The number of benzene rings is 1. The fourth-order valence-electron chi connectivity index (χ4n) is 3.06. The molecule has 0 heterocycles. The van der Waals surface area contributed by atoms with Crippen molar-refractivity contribution in [2.75, 3.05) is 0 Å². The topological polar surface area (TPSA) is 0 Å². The first kappa shape index (κ1) is 19.7. The number of aryl methyl sites for hydroxylation is 2. The van der Waals surface area contributed by atoms with Crippen LogP contribution in [0.3, 0.4) is 0 Å². The van der Waals surface area contributed by atoms with Crippen LogP contribution in [0.25, 0.3) is 10.8 Å². The van der Waals surface area contributed by atoms with Gasteiger partial charge in [0, 0.05) is 25.8 Å². The van der Waals surface area contributed by atoms with Crippen LogP contribution in [0.2, 0.25) is 0 Å². The predicted molar refractivity (Wildman–Crippen MR) is 87.6 cm³/mol. The summed E-state index contributed by atoms with van der Waals surface area (Å²) in [4.78, 5) is 0. The normalized spacial score (nSPS) is 13.2. The van der Waals surface area contributed by atoms with E-state index in [-0.39, 0.29) is 40.7 Å². The summed E-state index contributed by atoms with van der Waals surface area (Å²) in [5.41, 5.74) is 5.09. The van der Waals surface area contributed by atoms with Crippen LogP contribution in [0.5, 0.6) is 0 Å². The summed E-state index contributed by atoms with van der Waals surface area (Å²) in [5.74, 6) is 0. The molecule has 110 valence electrons. The molecule has 0 atom stereocenters. The third-order valence-electron chi connectivity index (χ3n) is 3.79. The molecule has 0 N–H and O–H groups in total. The van der Waals surface area contributed by atoms with E-state index < -0.39 is 0 Å². The maximum atomic E-state index is 2.46. The van der Waals surface area contributed by atoms with Gasteiger partial charge in [0.15, 0.2) is 0 Å². The summed E-state index contributed by atoms with van der Waals surface area (Å²) in [7, 11) is 0. The number of hydrogen-bond acceptors (Lipinski definition) is 0. The predicted octanol–water partition coefficient (Wildman–Crippen LogP) is 5.53. The third kappa shape index (κ3) is 3.87. The van der Waals surface area contributed by atoms with Gasteiger partial charge < -0.3 is 14.9 Å². The molecular weight excluding hydrogens is 407 g/mol. The first-order valence-corrected chi connectivity index (χ1v) is 6.73. The van der Waals surface area contributed by atoms with Crippen molar-refractivity contribution in [3.8, 4) is 0 Å². The first-order valence-electron chi connectivity index (χ1n) is 6.73. The zero-order chi connectivity index (χ0) is 12.0. The Labute approximate surface area is 144 Å². The molecule has 0 saturated carbocycles. The van der Waals surface area contributed by atoms with Crippen molar-refractivity contribution in [2.24, 2.45) is 5.41 Å². The Morgan fingerprint density at radius 2 is 1.65 bits per heavy atom. The van der Waals surface area contributed by atoms with Gasteiger partial charge in [0.2, 0.25) is 0 Å². The molecule has 2 aromatic rings. The average Bonchev–Trinajstić information content (AvgIpc) is 2.80. The minimum atomic E-state index is 0. The van der Waals surface area contributed by atoms with Crippen molar-refractivity contribution in [3.05, 3.63) is 55.8 Å². The Balaban J connectivity index is 0.00000120. The van der Waals surface area contributed by atoms with Crippen LogP contribution in [0.15, 0.2) is 24.3 Å². The van der Waals surface area contributed by atoms with E-state index in [9.17, 15) is 0 Å². The van der Waals surface area contributed by atoms with Gasteiger partial charge in [-0.05, 0) is 24.7 Å². The Morgan fingerprint density at radius 1 is 1.05 bits per heavy atom. The molecule has 0 spiro atoms. The van der Waals surface area contributed by atoms with Crippen LogP contribution in [0, 0.1) is 20.3 Å². The van der Waals surface area contributed by atoms with Crippen LogP contribution in [-0.4, -0.2) is 0 Å². The van der Waals surface area contributed by atoms with E-state index in [4.69, 9.17) is 0 Å². The quantitative estimate of drug-likeness (QED) is 0.409. The van der Waals surface area contributed by atoms with Gasteiger partial charge in [-0.1, -0.05) is 38.3 Å². The van der Waals surface area contributed by atoms with E-state index in [1.54, 1.807) is 11.1 Å². The van der Waals surface area contributed by atoms with Gasteiger partial charge in [-0.15, -0.1) is 34.5 Å². The van der Waals surface area contributed by atoms with Gasteiger partial charge >= 0.3 is 0 Å². The maximum Gasteiger partial charge on any atom is 0 e. The second-order valence-electron chi connectivity index (χ2n) is 6.66. The molecule has 1 aliphatic rings. The first-order chi connectivity index (χ1) is 8.03. The molecular formula is C19H27Hf-3. The minimum absolute atomic E-state index is 0. The van der Waals surface area contributed by atoms with Crippen molar-refractivity contribution >= 4 is 10.8 Å². The Hall–Kier alpha value is -0.300. The molecule has 0 amide bonds. The van der Waals surface area contributed by atoms with Crippen molar-refractivity contribution in [1.82, 2.24) is 0 Å². The molecule has 0 bridgehead atoms. The molecule has 0 aromatic heterocycles. The van der Waals surface area contributed by atoms with Gasteiger partial charge in [0.05, 0.1) is 0 Å². The Bertz CT molecular complexity index is 555. The molecule has 0 unspecified atom stereocenters. The number of rotatable bonds is 1. The van der Waals surface area contributed by atoms with Crippen molar-refractivity contribution < 1.29 is 25.8 Å². The summed E-state index contributed by atoms with van der Waals surface area (Å²) >= 11 is 0. The third-order valence-corrected chi connectivity index (χ3v) is 3.79. The van der Waals surface area contributed by atoms with Crippen LogP contribution in [0.4, 0.5) is 0 Å². The molecule has 0 nitrogen and oxygen atoms in total. The van der Waals surface area contributed by atoms with Crippen LogP contribution < -0.4 is 0 Å². The van der Waals surface area contributed by atoms with Gasteiger partial charge in [0.25, 0.3) is 0 Å². The average molecular weight is 434 g/mol. The van der Waals surface area contributed by atoms with Crippen molar-refractivity contribution in [2.45, 2.75) is 46.5 Å². The Kier molecular flexibility index (Phi) is 7.01. The number of fused-ring (bicyclic) bond motifs is 2. The fourth-order valence-corrected chi connectivity index (χ4v) is 3.06. The molecule has 0 aliphatic heterocycles. The summed E-state index contributed by atoms with van der Waals surface area (Å²) in [6, 6.07) is 9.50. The molecule has 1 aliphatic carbocycles. The smallest absolute Gasteiger partial charge is 0 e. The molecule has 1 heteroatoms. The van der Waals surface area contributed by atoms with Crippen LogP contribution in [-0.2, 0) is 45.1 Å². The fraction of sp³-hybridized carbons (Fsp3) is 0.421. The summed E-state index contributed by atoms with van der Waals surface area (Å²) in [6.45, 7) is 6.96. The maximum absolute atomic E-state index is 2.46. The number of hydrogen-bond donors (Lipinski definition) is 0. The molecule has 3 rings (SSSR count). The van der Waals surface area contributed by atoms with Crippen LogP contribution in [0.1, 0.15) is 43.9 Å². The van der Waals surface area contributed by atoms with Gasteiger partial charge in [-0.25, -0.2) is 0 Å². The molecule has 0 fully saturated rings. The molecule has 0 saturated heterocycles. The largest absolute Gasteiger partial charge is 0.358 e. The second kappa shape index (κ2) is 7.11. The van der Waals surface area contributed by atoms with Gasteiger partial charge in [-0.3, -0.25) is 0 Å². The van der Waals surface area contributed by atoms with Gasteiger partial charge in [-0.2, -0.15) is 6.07 Å². The van der Waals surface area contributed by atoms with Crippen molar-refractivity contribution in [1.29, 1.82) is 0 Å². The summed E-state index contributed by atoms with van der Waals surface area (Å²) in [5, 5.41) is 2.95. The molecule has 0 radical (unpaired) electrons. The van der Waals surface area contributed by atoms with E-state index in [2.05, 4.69) is 45.0 Å². The summed E-state index contributed by atoms with van der Waals surface area (Å²) < 4.78 is 0. The van der Waals surface area contributed by atoms with E-state index >= 15 is 0 Å². The second-order valence-corrected chi connectivity index (χ2v) is 6.66. The summed E-state index contributed by atoms with van der Waals surface area (Å²) in [6.07, 6.45) is 5.09. The van der Waals surface area contributed by atoms with Crippen molar-refractivity contribution in [3.63, 3.8) is 0 Å². The Morgan fingerprint density at radius 3 is 2.25 bits per heavy atom. The van der Waals surface area contributed by atoms with Gasteiger partial charge in [0.1, 0.15) is 0 Å². The van der Waals surface area contributed by atoms with E-state index in [1.165, 1.54) is 42.0 Å². The van der Waals surface area contributed by atoms with E-state index in [0.29, 0.717) is 5.41 Å². The van der Waals surface area contributed by atoms with E-state index in [1.807, 2.05) is 0 Å². The monoisotopic (exact) mass is 435 g/mol. The molecule has 20 heavy (non-hydrogen) atoms. The SMILES string of the molecule is CC(C)(C)C[c-]1ccc2cc3c(cc21)CCC3.[CH3-].[CH3-].[Hf]. The zero-order valence-corrected chi connectivity index (χ0v) is 17.2. The minimum Gasteiger partial charge on any atom is -0.358 e.